The van der Waals surface area contributed by atoms with Gasteiger partial charge in [-0.3, -0.25) is 25.2 Å². The lowest BCUT2D eigenvalue weighted by Gasteiger charge is -2.16. The van der Waals surface area contributed by atoms with Gasteiger partial charge in [-0.15, -0.1) is 0 Å². The van der Waals surface area contributed by atoms with Gasteiger partial charge in [0.1, 0.15) is 29.9 Å². The minimum Gasteiger partial charge on any atom is -0.394 e. The van der Waals surface area contributed by atoms with Crippen LogP contribution in [0, 0.1) is 0 Å². The summed E-state index contributed by atoms with van der Waals surface area (Å²) in [6.45, 7) is 4.66. The molecular weight excluding hydrogens is 454 g/mol. The SMILES string of the molecule is CNNCc1ccc(C(=O)NC(C)C)cc1.OC[C@H]1O[C@@H](n2cnc3c2NC=NC[C@H]3O)C[C@@H]1O. The number of anilines is 1. The number of aliphatic imine (C=N–C) groups is 1. The molecule has 2 aliphatic rings. The zero-order chi connectivity index (χ0) is 25.4. The summed E-state index contributed by atoms with van der Waals surface area (Å²) in [5.41, 5.74) is 8.18. The number of nitrogens with one attached hydrogen (secondary N) is 4. The molecule has 0 bridgehead atoms. The third-order valence-electron chi connectivity index (χ3n) is 5.51. The largest absolute Gasteiger partial charge is 0.394 e. The maximum absolute atomic E-state index is 11.6. The van der Waals surface area contributed by atoms with Crippen LogP contribution in [0.25, 0.3) is 0 Å². The Balaban J connectivity index is 0.000000199. The molecule has 12 nitrogen and oxygen atoms in total. The van der Waals surface area contributed by atoms with Crippen molar-refractivity contribution in [1.82, 2.24) is 25.7 Å². The standard InChI is InChI=1S/C12H19N3O.C11H16N4O4/c1-9(2)15-12(16)11-6-4-10(5-7-11)8-14-13-3;16-3-8-6(17)1-9(19-8)15-5-14-10-7(18)2-12-4-13-11(10)15/h4-7,9,13-14H,8H2,1-3H3,(H,15,16);4-9,16-18H,1-3H2,(H,12,13)/t;6-,7+,8+,9+/m.0/s1. The number of carbonyl (C=O) groups is 1. The molecule has 12 heteroatoms. The number of aromatic nitrogens is 2. The normalized spacial score (nSPS) is 23.2. The number of hydrogen-bond donors (Lipinski definition) is 7. The summed E-state index contributed by atoms with van der Waals surface area (Å²) in [5.74, 6) is 0.577. The van der Waals surface area contributed by atoms with Crippen LogP contribution in [-0.2, 0) is 11.3 Å². The second-order valence-corrected chi connectivity index (χ2v) is 8.58. The van der Waals surface area contributed by atoms with Gasteiger partial charge in [0, 0.05) is 24.6 Å². The van der Waals surface area contributed by atoms with E-state index in [0.717, 1.165) is 12.1 Å². The van der Waals surface area contributed by atoms with Crippen LogP contribution in [0.1, 0.15) is 54.2 Å². The van der Waals surface area contributed by atoms with Crippen LogP contribution in [0.15, 0.2) is 35.6 Å². The predicted molar refractivity (Wildman–Crippen MR) is 131 cm³/mol. The summed E-state index contributed by atoms with van der Waals surface area (Å²) in [6.07, 6.45) is 0.935. The maximum Gasteiger partial charge on any atom is 0.251 e. The quantitative estimate of drug-likeness (QED) is 0.266. The molecule has 2 aliphatic heterocycles. The summed E-state index contributed by atoms with van der Waals surface area (Å²) < 4.78 is 7.27. The fourth-order valence-corrected chi connectivity index (χ4v) is 3.69. The Kier molecular flexibility index (Phi) is 9.72. The number of aliphatic hydroxyl groups excluding tert-OH is 3. The molecule has 4 atom stereocenters. The number of ether oxygens (including phenoxy) is 1. The number of carbonyl (C=O) groups excluding carboxylic acids is 1. The van der Waals surface area contributed by atoms with Crippen LogP contribution in [-0.4, -0.2) is 75.6 Å². The third-order valence-corrected chi connectivity index (χ3v) is 5.51. The van der Waals surface area contributed by atoms with E-state index in [4.69, 9.17) is 9.84 Å². The Hall–Kier alpha value is -2.87. The predicted octanol–water partition coefficient (Wildman–Crippen LogP) is 0.0598. The molecule has 0 aliphatic carbocycles. The average molecular weight is 490 g/mol. The monoisotopic (exact) mass is 489 g/mol. The molecule has 1 fully saturated rings. The van der Waals surface area contributed by atoms with E-state index < -0.39 is 24.5 Å². The molecule has 35 heavy (non-hydrogen) atoms. The Labute approximate surface area is 204 Å². The van der Waals surface area contributed by atoms with Crippen molar-refractivity contribution >= 4 is 18.1 Å². The second kappa shape index (κ2) is 12.7. The van der Waals surface area contributed by atoms with Crippen molar-refractivity contribution in [3.8, 4) is 0 Å². The number of hydrazine groups is 1. The molecule has 1 aromatic heterocycles. The number of aliphatic hydroxyl groups is 3. The van der Waals surface area contributed by atoms with Crippen molar-refractivity contribution in [3.63, 3.8) is 0 Å². The van der Waals surface area contributed by atoms with Crippen LogP contribution in [0.3, 0.4) is 0 Å². The number of fused-ring (bicyclic) bond motifs is 1. The van der Waals surface area contributed by atoms with Crippen LogP contribution < -0.4 is 21.5 Å². The van der Waals surface area contributed by atoms with Gasteiger partial charge in [0.05, 0.1) is 31.9 Å². The van der Waals surface area contributed by atoms with E-state index in [2.05, 4.69) is 31.5 Å². The lowest BCUT2D eigenvalue weighted by molar-refractivity contribution is -0.0437. The highest BCUT2D eigenvalue weighted by atomic mass is 16.5. The molecule has 1 saturated heterocycles. The molecule has 192 valence electrons. The van der Waals surface area contributed by atoms with Crippen LogP contribution in [0.5, 0.6) is 0 Å². The topological polar surface area (TPSA) is 165 Å². The molecule has 0 spiro atoms. The molecule has 0 radical (unpaired) electrons. The van der Waals surface area contributed by atoms with Gasteiger partial charge in [-0.1, -0.05) is 12.1 Å². The minimum atomic E-state index is -0.762. The Bertz CT molecular complexity index is 979. The highest BCUT2D eigenvalue weighted by Crippen LogP contribution is 2.34. The zero-order valence-corrected chi connectivity index (χ0v) is 20.2. The smallest absolute Gasteiger partial charge is 0.251 e. The summed E-state index contributed by atoms with van der Waals surface area (Å²) >= 11 is 0. The number of imidazole rings is 1. The van der Waals surface area contributed by atoms with Gasteiger partial charge in [0.2, 0.25) is 0 Å². The molecule has 4 rings (SSSR count). The molecule has 0 saturated carbocycles. The number of amides is 1. The van der Waals surface area contributed by atoms with E-state index in [1.165, 1.54) is 6.34 Å². The van der Waals surface area contributed by atoms with Crippen LogP contribution in [0.4, 0.5) is 5.82 Å². The number of rotatable bonds is 7. The molecule has 1 amide bonds. The van der Waals surface area contributed by atoms with Gasteiger partial charge in [-0.05, 0) is 38.6 Å². The van der Waals surface area contributed by atoms with E-state index >= 15 is 0 Å². The van der Waals surface area contributed by atoms with Gasteiger partial charge in [-0.2, -0.15) is 0 Å². The average Bonchev–Trinajstić information content (AvgIpc) is 3.38. The summed E-state index contributed by atoms with van der Waals surface area (Å²) in [4.78, 5) is 19.8. The molecule has 7 N–H and O–H groups in total. The zero-order valence-electron chi connectivity index (χ0n) is 20.2. The number of nitrogens with zero attached hydrogens (tertiary/aromatic N) is 3. The van der Waals surface area contributed by atoms with Gasteiger partial charge < -0.3 is 30.7 Å². The van der Waals surface area contributed by atoms with E-state index in [0.29, 0.717) is 23.5 Å². The molecule has 1 aromatic carbocycles. The van der Waals surface area contributed by atoms with E-state index in [1.807, 2.05) is 45.2 Å². The van der Waals surface area contributed by atoms with Crippen LogP contribution in [0.2, 0.25) is 0 Å². The summed E-state index contributed by atoms with van der Waals surface area (Å²) in [6, 6.07) is 7.73. The van der Waals surface area contributed by atoms with Crippen molar-refractivity contribution in [2.24, 2.45) is 4.99 Å². The van der Waals surface area contributed by atoms with Gasteiger partial charge in [0.15, 0.2) is 0 Å². The Morgan fingerprint density at radius 1 is 1.29 bits per heavy atom. The van der Waals surface area contributed by atoms with E-state index in [1.54, 1.807) is 10.9 Å². The fourth-order valence-electron chi connectivity index (χ4n) is 3.69. The van der Waals surface area contributed by atoms with Crippen molar-refractivity contribution in [2.45, 2.75) is 57.4 Å². The van der Waals surface area contributed by atoms with Gasteiger partial charge in [-0.25, -0.2) is 4.98 Å². The Morgan fingerprint density at radius 3 is 2.66 bits per heavy atom. The third kappa shape index (κ3) is 7.07. The molecule has 3 heterocycles. The lowest BCUT2D eigenvalue weighted by atomic mass is 10.1. The lowest BCUT2D eigenvalue weighted by Crippen LogP contribution is -2.30. The number of hydrogen-bond acceptors (Lipinski definition) is 10. The maximum atomic E-state index is 11.6. The first-order valence-electron chi connectivity index (χ1n) is 11.6. The highest BCUT2D eigenvalue weighted by molar-refractivity contribution is 5.94. The first-order chi connectivity index (χ1) is 16.8. The Morgan fingerprint density at radius 2 is 2.03 bits per heavy atom. The van der Waals surface area contributed by atoms with Crippen molar-refractivity contribution in [3.05, 3.63) is 47.4 Å². The van der Waals surface area contributed by atoms with Crippen molar-refractivity contribution < 1.29 is 24.9 Å². The van der Waals surface area contributed by atoms with E-state index in [-0.39, 0.29) is 25.1 Å². The first kappa shape index (κ1) is 26.7. The van der Waals surface area contributed by atoms with Crippen LogP contribution >= 0.6 is 0 Å². The second-order valence-electron chi connectivity index (χ2n) is 8.58. The highest BCUT2D eigenvalue weighted by Gasteiger charge is 2.36. The van der Waals surface area contributed by atoms with Crippen molar-refractivity contribution in [2.75, 3.05) is 25.5 Å². The minimum absolute atomic E-state index is 0.0249. The van der Waals surface area contributed by atoms with Crippen molar-refractivity contribution in [1.29, 1.82) is 0 Å². The number of benzene rings is 1. The van der Waals surface area contributed by atoms with Gasteiger partial charge >= 0.3 is 0 Å². The fraction of sp³-hybridized carbons (Fsp3) is 0.522. The summed E-state index contributed by atoms with van der Waals surface area (Å²) in [7, 11) is 1.82. The molecule has 0 unspecified atom stereocenters. The molecular formula is C23H35N7O5. The van der Waals surface area contributed by atoms with E-state index in [9.17, 15) is 15.0 Å². The first-order valence-corrected chi connectivity index (χ1v) is 11.6. The molecule has 2 aromatic rings. The summed E-state index contributed by atoms with van der Waals surface area (Å²) in [5, 5.41) is 34.5. The van der Waals surface area contributed by atoms with Gasteiger partial charge in [0.25, 0.3) is 5.91 Å².